The minimum absolute atomic E-state index is 0.383. The summed E-state index contributed by atoms with van der Waals surface area (Å²) in [5.41, 5.74) is 0. The van der Waals surface area contributed by atoms with Crippen LogP contribution in [0.4, 0.5) is 5.82 Å². The van der Waals surface area contributed by atoms with E-state index in [0.29, 0.717) is 11.3 Å². The summed E-state index contributed by atoms with van der Waals surface area (Å²) in [6, 6.07) is 2.88. The van der Waals surface area contributed by atoms with Crippen LogP contribution in [0, 0.1) is 12.8 Å². The van der Waals surface area contributed by atoms with E-state index in [4.69, 9.17) is 11.6 Å². The van der Waals surface area contributed by atoms with Crippen LogP contribution >= 0.6 is 22.9 Å². The minimum atomic E-state index is 0.383. The molecule has 1 saturated heterocycles. The second-order valence-electron chi connectivity index (χ2n) is 5.99. The van der Waals surface area contributed by atoms with Crippen molar-refractivity contribution in [2.24, 2.45) is 5.92 Å². The molecule has 2 aromatic rings. The van der Waals surface area contributed by atoms with Gasteiger partial charge in [-0.25, -0.2) is 4.98 Å². The van der Waals surface area contributed by atoms with Crippen LogP contribution in [0.15, 0.2) is 6.07 Å². The number of fused-ring (bicyclic) bond motifs is 2. The quantitative estimate of drug-likeness (QED) is 0.730. The summed E-state index contributed by atoms with van der Waals surface area (Å²) < 4.78 is 0. The van der Waals surface area contributed by atoms with Gasteiger partial charge < -0.3 is 4.90 Å². The zero-order valence-corrected chi connectivity index (χ0v) is 13.2. The lowest BCUT2D eigenvalue weighted by molar-refractivity contribution is 0.341. The van der Waals surface area contributed by atoms with Crippen molar-refractivity contribution >= 4 is 39.0 Å². The molecule has 0 radical (unpaired) electrons. The van der Waals surface area contributed by atoms with Crippen molar-refractivity contribution in [2.45, 2.75) is 45.1 Å². The molecule has 20 heavy (non-hydrogen) atoms. The van der Waals surface area contributed by atoms with Crippen LogP contribution in [-0.2, 0) is 0 Å². The number of nitrogens with zero attached hydrogens (tertiary/aromatic N) is 3. The number of anilines is 1. The topological polar surface area (TPSA) is 29.0 Å². The van der Waals surface area contributed by atoms with E-state index in [1.165, 1.54) is 42.4 Å². The molecule has 0 spiro atoms. The van der Waals surface area contributed by atoms with Gasteiger partial charge in [0.25, 0.3) is 0 Å². The van der Waals surface area contributed by atoms with Crippen molar-refractivity contribution in [1.29, 1.82) is 0 Å². The van der Waals surface area contributed by atoms with Gasteiger partial charge in [0.05, 0.1) is 5.39 Å². The molecule has 2 aliphatic rings. The Hall–Kier alpha value is -0.870. The number of rotatable bonds is 1. The van der Waals surface area contributed by atoms with E-state index in [-0.39, 0.29) is 0 Å². The zero-order valence-electron chi connectivity index (χ0n) is 11.6. The lowest BCUT2D eigenvalue weighted by atomic mass is 9.85. The van der Waals surface area contributed by atoms with Crippen LogP contribution in [-0.4, -0.2) is 22.6 Å². The highest BCUT2D eigenvalue weighted by Gasteiger charge is 2.37. The smallest absolute Gasteiger partial charge is 0.225 e. The SMILES string of the molecule is Cc1cc2c(N3CCC4CCCCC43)nc(Cl)nc2s1. The highest BCUT2D eigenvalue weighted by atomic mass is 35.5. The molecule has 3 nitrogen and oxygen atoms in total. The molecule has 1 saturated carbocycles. The fraction of sp³-hybridized carbons (Fsp3) is 0.600. The first kappa shape index (κ1) is 12.8. The third-order valence-corrected chi connectivity index (χ3v) is 5.86. The maximum absolute atomic E-state index is 6.14. The minimum Gasteiger partial charge on any atom is -0.353 e. The molecule has 4 rings (SSSR count). The van der Waals surface area contributed by atoms with E-state index in [1.54, 1.807) is 11.3 Å². The maximum atomic E-state index is 6.14. The first-order valence-electron chi connectivity index (χ1n) is 7.43. The average Bonchev–Trinajstić information content (AvgIpc) is 3.00. The molecule has 106 valence electrons. The Labute approximate surface area is 128 Å². The van der Waals surface area contributed by atoms with Crippen molar-refractivity contribution in [3.8, 4) is 0 Å². The molecule has 3 heterocycles. The zero-order chi connectivity index (χ0) is 13.7. The molecule has 2 unspecified atom stereocenters. The second kappa shape index (κ2) is 4.85. The van der Waals surface area contributed by atoms with Crippen molar-refractivity contribution in [3.05, 3.63) is 16.2 Å². The van der Waals surface area contributed by atoms with E-state index in [1.807, 2.05) is 0 Å². The molecule has 0 amide bonds. The van der Waals surface area contributed by atoms with E-state index < -0.39 is 0 Å². The molecule has 2 fully saturated rings. The Morgan fingerprint density at radius 3 is 3.00 bits per heavy atom. The standard InChI is InChI=1S/C15H18ClN3S/c1-9-8-11-13(17-15(16)18-14(11)20-9)19-7-6-10-4-2-3-5-12(10)19/h8,10,12H,2-7H2,1H3. The summed E-state index contributed by atoms with van der Waals surface area (Å²) in [6.07, 6.45) is 6.73. The molecule has 1 aliphatic carbocycles. The fourth-order valence-corrected chi connectivity index (χ4v) is 4.98. The van der Waals surface area contributed by atoms with Gasteiger partial charge in [0.15, 0.2) is 0 Å². The molecule has 0 N–H and O–H groups in total. The van der Waals surface area contributed by atoms with Gasteiger partial charge in [0.1, 0.15) is 10.6 Å². The van der Waals surface area contributed by atoms with Gasteiger partial charge in [-0.2, -0.15) is 4.98 Å². The van der Waals surface area contributed by atoms with Crippen LogP contribution in [0.1, 0.15) is 37.0 Å². The Bertz CT molecular complexity index is 654. The summed E-state index contributed by atoms with van der Waals surface area (Å²) in [6.45, 7) is 3.24. The predicted molar refractivity (Wildman–Crippen MR) is 84.9 cm³/mol. The Balaban J connectivity index is 1.81. The molecule has 0 aromatic carbocycles. The molecule has 2 aromatic heterocycles. The molecule has 0 bridgehead atoms. The first-order chi connectivity index (χ1) is 9.72. The van der Waals surface area contributed by atoms with Gasteiger partial charge in [-0.3, -0.25) is 0 Å². The van der Waals surface area contributed by atoms with Crippen LogP contribution in [0.3, 0.4) is 0 Å². The van der Waals surface area contributed by atoms with Crippen LogP contribution < -0.4 is 4.90 Å². The van der Waals surface area contributed by atoms with Gasteiger partial charge in [-0.1, -0.05) is 12.8 Å². The van der Waals surface area contributed by atoms with Gasteiger partial charge >= 0.3 is 0 Å². The summed E-state index contributed by atoms with van der Waals surface area (Å²) in [4.78, 5) is 13.8. The maximum Gasteiger partial charge on any atom is 0.225 e. The normalized spacial score (nSPS) is 26.2. The van der Waals surface area contributed by atoms with Gasteiger partial charge in [0, 0.05) is 17.5 Å². The van der Waals surface area contributed by atoms with Gasteiger partial charge in [-0.15, -0.1) is 11.3 Å². The summed E-state index contributed by atoms with van der Waals surface area (Å²) in [5, 5.41) is 1.57. The highest BCUT2D eigenvalue weighted by Crippen LogP contribution is 2.41. The van der Waals surface area contributed by atoms with E-state index >= 15 is 0 Å². The number of thiophene rings is 1. The van der Waals surface area contributed by atoms with Crippen molar-refractivity contribution < 1.29 is 0 Å². The molecule has 1 aliphatic heterocycles. The fourth-order valence-electron chi connectivity index (χ4n) is 3.89. The van der Waals surface area contributed by atoms with Crippen LogP contribution in [0.25, 0.3) is 10.2 Å². The van der Waals surface area contributed by atoms with Crippen molar-refractivity contribution in [3.63, 3.8) is 0 Å². The largest absolute Gasteiger partial charge is 0.353 e. The summed E-state index contributed by atoms with van der Waals surface area (Å²) in [7, 11) is 0. The highest BCUT2D eigenvalue weighted by molar-refractivity contribution is 7.18. The van der Waals surface area contributed by atoms with Gasteiger partial charge in [0.2, 0.25) is 5.28 Å². The molecule has 5 heteroatoms. The predicted octanol–water partition coefficient (Wildman–Crippen LogP) is 4.42. The third-order valence-electron chi connectivity index (χ3n) is 4.75. The van der Waals surface area contributed by atoms with Crippen LogP contribution in [0.2, 0.25) is 5.28 Å². The number of aryl methyl sites for hydroxylation is 1. The third kappa shape index (κ3) is 2.01. The first-order valence-corrected chi connectivity index (χ1v) is 8.62. The van der Waals surface area contributed by atoms with Crippen molar-refractivity contribution in [1.82, 2.24) is 9.97 Å². The Morgan fingerprint density at radius 2 is 2.10 bits per heavy atom. The number of halogens is 1. The van der Waals surface area contributed by atoms with Crippen molar-refractivity contribution in [2.75, 3.05) is 11.4 Å². The van der Waals surface area contributed by atoms with E-state index in [0.717, 1.165) is 23.1 Å². The average molecular weight is 308 g/mol. The summed E-state index contributed by atoms with van der Waals surface area (Å²) in [5.74, 6) is 1.92. The van der Waals surface area contributed by atoms with E-state index in [2.05, 4.69) is 27.9 Å². The lowest BCUT2D eigenvalue weighted by Crippen LogP contribution is -2.35. The molecule has 2 atom stereocenters. The Kier molecular flexibility index (Phi) is 3.11. The Morgan fingerprint density at radius 1 is 1.25 bits per heavy atom. The monoisotopic (exact) mass is 307 g/mol. The lowest BCUT2D eigenvalue weighted by Gasteiger charge is -2.32. The number of aromatic nitrogens is 2. The molecular weight excluding hydrogens is 290 g/mol. The molecular formula is C15H18ClN3S. The van der Waals surface area contributed by atoms with Gasteiger partial charge in [-0.05, 0) is 49.8 Å². The number of hydrogen-bond acceptors (Lipinski definition) is 4. The van der Waals surface area contributed by atoms with Crippen LogP contribution in [0.5, 0.6) is 0 Å². The second-order valence-corrected chi connectivity index (χ2v) is 7.56. The number of hydrogen-bond donors (Lipinski definition) is 0. The summed E-state index contributed by atoms with van der Waals surface area (Å²) >= 11 is 7.85. The van der Waals surface area contributed by atoms with E-state index in [9.17, 15) is 0 Å².